The minimum atomic E-state index is -0.441. The molecular formula is C20H19BrN2O4S. The first kappa shape index (κ1) is 20.5. The number of carbonyl (C=O) groups is 3. The molecule has 2 aliphatic heterocycles. The molecular weight excluding hydrogens is 444 g/mol. The number of terminal acetylenes is 1. The number of benzene rings is 1. The van der Waals surface area contributed by atoms with Crippen LogP contribution in [0.1, 0.15) is 24.8 Å². The minimum absolute atomic E-state index is 0.155. The molecule has 0 unspecified atom stereocenters. The Morgan fingerprint density at radius 2 is 2.04 bits per heavy atom. The molecule has 0 N–H and O–H groups in total. The van der Waals surface area contributed by atoms with Crippen molar-refractivity contribution in [3.8, 4) is 18.1 Å². The zero-order valence-electron chi connectivity index (χ0n) is 15.2. The van der Waals surface area contributed by atoms with Gasteiger partial charge in [0.25, 0.3) is 11.1 Å². The van der Waals surface area contributed by atoms with E-state index in [9.17, 15) is 14.4 Å². The summed E-state index contributed by atoms with van der Waals surface area (Å²) >= 11 is 4.24. The van der Waals surface area contributed by atoms with Crippen LogP contribution in [0.5, 0.6) is 5.75 Å². The van der Waals surface area contributed by atoms with Crippen molar-refractivity contribution in [3.05, 3.63) is 33.1 Å². The average molecular weight is 463 g/mol. The molecule has 2 heterocycles. The Labute approximate surface area is 176 Å². The van der Waals surface area contributed by atoms with Crippen LogP contribution < -0.4 is 4.74 Å². The SMILES string of the molecule is C#CCOc1ccc(/C=C2\SC(=O)N(CC(=O)N3CCCCC3)C2=O)cc1Br. The maximum Gasteiger partial charge on any atom is 0.294 e. The summed E-state index contributed by atoms with van der Waals surface area (Å²) in [7, 11) is 0. The highest BCUT2D eigenvalue weighted by atomic mass is 79.9. The molecule has 0 aromatic heterocycles. The van der Waals surface area contributed by atoms with Crippen LogP contribution in [0.25, 0.3) is 6.08 Å². The molecule has 0 atom stereocenters. The highest BCUT2D eigenvalue weighted by Crippen LogP contribution is 2.34. The van der Waals surface area contributed by atoms with E-state index in [0.717, 1.165) is 41.5 Å². The van der Waals surface area contributed by atoms with Gasteiger partial charge in [-0.3, -0.25) is 19.3 Å². The van der Waals surface area contributed by atoms with E-state index in [1.165, 1.54) is 0 Å². The fourth-order valence-electron chi connectivity index (χ4n) is 3.01. The Morgan fingerprint density at radius 1 is 1.29 bits per heavy atom. The van der Waals surface area contributed by atoms with Gasteiger partial charge in [-0.1, -0.05) is 12.0 Å². The lowest BCUT2D eigenvalue weighted by Crippen LogP contribution is -2.44. The van der Waals surface area contributed by atoms with Crippen molar-refractivity contribution in [1.29, 1.82) is 0 Å². The summed E-state index contributed by atoms with van der Waals surface area (Å²) in [6.45, 7) is 1.33. The fourth-order valence-corrected chi connectivity index (χ4v) is 4.36. The van der Waals surface area contributed by atoms with Crippen molar-refractivity contribution in [3.63, 3.8) is 0 Å². The number of rotatable bonds is 5. The second kappa shape index (κ2) is 9.30. The van der Waals surface area contributed by atoms with Crippen LogP contribution in [0.3, 0.4) is 0 Å². The summed E-state index contributed by atoms with van der Waals surface area (Å²) in [4.78, 5) is 40.3. The van der Waals surface area contributed by atoms with E-state index < -0.39 is 11.1 Å². The number of amides is 3. The van der Waals surface area contributed by atoms with E-state index in [1.807, 2.05) is 0 Å². The monoisotopic (exact) mass is 462 g/mol. The quantitative estimate of drug-likeness (QED) is 0.494. The van der Waals surface area contributed by atoms with Gasteiger partial charge >= 0.3 is 0 Å². The Kier molecular flexibility index (Phi) is 6.81. The third-order valence-electron chi connectivity index (χ3n) is 4.44. The van der Waals surface area contributed by atoms with Gasteiger partial charge in [0.05, 0.1) is 9.38 Å². The van der Waals surface area contributed by atoms with Crippen LogP contribution in [-0.4, -0.2) is 53.1 Å². The van der Waals surface area contributed by atoms with E-state index >= 15 is 0 Å². The summed E-state index contributed by atoms with van der Waals surface area (Å²) < 4.78 is 6.08. The molecule has 1 aromatic rings. The predicted molar refractivity (Wildman–Crippen MR) is 112 cm³/mol. The Morgan fingerprint density at radius 3 is 2.71 bits per heavy atom. The van der Waals surface area contributed by atoms with Gasteiger partial charge in [-0.25, -0.2) is 0 Å². The van der Waals surface area contributed by atoms with E-state index in [0.29, 0.717) is 28.2 Å². The molecule has 6 nitrogen and oxygen atoms in total. The van der Waals surface area contributed by atoms with E-state index in [1.54, 1.807) is 29.2 Å². The normalized spacial score (nSPS) is 18.5. The maximum absolute atomic E-state index is 12.6. The fraction of sp³-hybridized carbons (Fsp3) is 0.350. The van der Waals surface area contributed by atoms with E-state index in [4.69, 9.17) is 11.2 Å². The molecule has 1 aromatic carbocycles. The predicted octanol–water partition coefficient (Wildman–Crippen LogP) is 3.51. The topological polar surface area (TPSA) is 66.9 Å². The number of thioether (sulfide) groups is 1. The number of carbonyl (C=O) groups excluding carboxylic acids is 3. The number of hydrogen-bond donors (Lipinski definition) is 0. The van der Waals surface area contributed by atoms with E-state index in [2.05, 4.69) is 21.9 Å². The molecule has 8 heteroatoms. The van der Waals surface area contributed by atoms with Gasteiger partial charge in [-0.05, 0) is 70.7 Å². The van der Waals surface area contributed by atoms with Gasteiger partial charge in [0.15, 0.2) is 0 Å². The molecule has 0 radical (unpaired) electrons. The van der Waals surface area contributed by atoms with Gasteiger partial charge in [0.1, 0.15) is 18.9 Å². The van der Waals surface area contributed by atoms with Crippen molar-refractivity contribution >= 4 is 50.8 Å². The zero-order valence-corrected chi connectivity index (χ0v) is 17.6. The van der Waals surface area contributed by atoms with Crippen molar-refractivity contribution in [2.24, 2.45) is 0 Å². The van der Waals surface area contributed by atoms with Crippen LogP contribution in [0.4, 0.5) is 4.79 Å². The average Bonchev–Trinajstić information content (AvgIpc) is 2.95. The largest absolute Gasteiger partial charge is 0.480 e. The summed E-state index contributed by atoms with van der Waals surface area (Å²) in [5, 5.41) is -0.422. The highest BCUT2D eigenvalue weighted by molar-refractivity contribution is 9.10. The molecule has 0 spiro atoms. The molecule has 146 valence electrons. The van der Waals surface area contributed by atoms with Gasteiger partial charge in [0, 0.05) is 13.1 Å². The molecule has 0 aliphatic carbocycles. The molecule has 3 rings (SSSR count). The van der Waals surface area contributed by atoms with Crippen LogP contribution in [0.15, 0.2) is 27.6 Å². The molecule has 0 saturated carbocycles. The number of ether oxygens (including phenoxy) is 1. The molecule has 2 saturated heterocycles. The van der Waals surface area contributed by atoms with Crippen molar-refractivity contribution in [2.75, 3.05) is 26.2 Å². The lowest BCUT2D eigenvalue weighted by molar-refractivity contribution is -0.136. The summed E-state index contributed by atoms with van der Waals surface area (Å²) in [6, 6.07) is 5.28. The number of piperidine rings is 1. The smallest absolute Gasteiger partial charge is 0.294 e. The van der Waals surface area contributed by atoms with Crippen LogP contribution in [0.2, 0.25) is 0 Å². The van der Waals surface area contributed by atoms with Gasteiger partial charge < -0.3 is 9.64 Å². The van der Waals surface area contributed by atoms with Gasteiger partial charge in [-0.15, -0.1) is 6.42 Å². The van der Waals surface area contributed by atoms with Crippen LogP contribution in [0, 0.1) is 12.3 Å². The molecule has 28 heavy (non-hydrogen) atoms. The lowest BCUT2D eigenvalue weighted by Gasteiger charge is -2.27. The first-order valence-electron chi connectivity index (χ1n) is 8.88. The number of imide groups is 1. The van der Waals surface area contributed by atoms with E-state index in [-0.39, 0.29) is 19.1 Å². The highest BCUT2D eigenvalue weighted by Gasteiger charge is 2.37. The molecule has 2 aliphatic rings. The third kappa shape index (κ3) is 4.78. The first-order valence-corrected chi connectivity index (χ1v) is 10.5. The van der Waals surface area contributed by atoms with Crippen molar-refractivity contribution in [1.82, 2.24) is 9.80 Å². The molecule has 3 amide bonds. The number of nitrogens with zero attached hydrogens (tertiary/aromatic N) is 2. The Balaban J connectivity index is 1.69. The van der Waals surface area contributed by atoms with Crippen molar-refractivity contribution < 1.29 is 19.1 Å². The van der Waals surface area contributed by atoms with Crippen LogP contribution in [-0.2, 0) is 9.59 Å². The van der Waals surface area contributed by atoms with Crippen LogP contribution >= 0.6 is 27.7 Å². The number of halogens is 1. The molecule has 2 fully saturated rings. The number of likely N-dealkylation sites (tertiary alicyclic amines) is 1. The molecule has 0 bridgehead atoms. The van der Waals surface area contributed by atoms with Gasteiger partial charge in [-0.2, -0.15) is 0 Å². The zero-order chi connectivity index (χ0) is 20.1. The first-order chi connectivity index (χ1) is 13.5. The summed E-state index contributed by atoms with van der Waals surface area (Å²) in [5.74, 6) is 2.37. The maximum atomic E-state index is 12.6. The summed E-state index contributed by atoms with van der Waals surface area (Å²) in [5.41, 5.74) is 0.729. The third-order valence-corrected chi connectivity index (χ3v) is 5.97. The lowest BCUT2D eigenvalue weighted by atomic mass is 10.1. The van der Waals surface area contributed by atoms with Crippen molar-refractivity contribution in [2.45, 2.75) is 19.3 Å². The standard InChI is InChI=1S/C20H19BrN2O4S/c1-2-10-27-16-7-6-14(11-15(16)21)12-17-19(25)23(20(26)28-17)13-18(24)22-8-4-3-5-9-22/h1,6-7,11-12H,3-5,8-10,13H2/b17-12-. The minimum Gasteiger partial charge on any atom is -0.480 e. The second-order valence-corrected chi connectivity index (χ2v) is 8.24. The van der Waals surface area contributed by atoms with Gasteiger partial charge in [0.2, 0.25) is 5.91 Å². The summed E-state index contributed by atoms with van der Waals surface area (Å²) in [6.07, 6.45) is 9.85. The Bertz CT molecular complexity index is 871. The Hall–Kier alpha value is -2.24. The second-order valence-electron chi connectivity index (χ2n) is 6.39. The number of hydrogen-bond acceptors (Lipinski definition) is 5.